The molecular weight excluding hydrogens is 346 g/mol. The van der Waals surface area contributed by atoms with E-state index in [-0.39, 0.29) is 11.8 Å². The van der Waals surface area contributed by atoms with Crippen LogP contribution in [-0.4, -0.2) is 50.6 Å². The van der Waals surface area contributed by atoms with Crippen LogP contribution in [0, 0.1) is 0 Å². The molecule has 27 heavy (non-hydrogen) atoms. The van der Waals surface area contributed by atoms with Gasteiger partial charge in [-0.25, -0.2) is 0 Å². The first kappa shape index (κ1) is 21.0. The van der Waals surface area contributed by atoms with Crippen molar-refractivity contribution in [2.75, 3.05) is 39.2 Å². The molecule has 3 N–H and O–H groups in total. The van der Waals surface area contributed by atoms with E-state index in [9.17, 15) is 9.59 Å². The second-order valence-corrected chi connectivity index (χ2v) is 6.75. The van der Waals surface area contributed by atoms with Crippen LogP contribution in [0.5, 0.6) is 11.5 Å². The van der Waals surface area contributed by atoms with E-state index in [1.54, 1.807) is 12.1 Å². The first-order valence-electron chi connectivity index (χ1n) is 9.66. The second-order valence-electron chi connectivity index (χ2n) is 6.75. The van der Waals surface area contributed by atoms with Crippen molar-refractivity contribution in [2.24, 2.45) is 5.73 Å². The molecular formula is C20H31N3O4. The highest BCUT2D eigenvalue weighted by molar-refractivity contribution is 6.04. The number of ether oxygens (including phenoxy) is 2. The molecule has 7 heteroatoms. The first-order chi connectivity index (χ1) is 13.1. The van der Waals surface area contributed by atoms with Gasteiger partial charge in [-0.05, 0) is 38.3 Å². The average molecular weight is 377 g/mol. The minimum Gasteiger partial charge on any atom is -0.493 e. The molecule has 2 amide bonds. The van der Waals surface area contributed by atoms with Gasteiger partial charge < -0.3 is 25.4 Å². The van der Waals surface area contributed by atoms with Gasteiger partial charge in [-0.3, -0.25) is 9.59 Å². The lowest BCUT2D eigenvalue weighted by Crippen LogP contribution is -2.29. The van der Waals surface area contributed by atoms with Crippen LogP contribution in [-0.2, 0) is 4.79 Å². The van der Waals surface area contributed by atoms with Gasteiger partial charge in [-0.1, -0.05) is 12.8 Å². The monoisotopic (exact) mass is 377 g/mol. The number of methoxy groups -OCH3 is 2. The summed E-state index contributed by atoms with van der Waals surface area (Å²) in [6, 6.07) is 3.31. The molecule has 150 valence electrons. The van der Waals surface area contributed by atoms with Gasteiger partial charge in [0, 0.05) is 25.6 Å². The zero-order chi connectivity index (χ0) is 19.6. The molecule has 0 aromatic heterocycles. The summed E-state index contributed by atoms with van der Waals surface area (Å²) in [5.41, 5.74) is 6.39. The first-order valence-corrected chi connectivity index (χ1v) is 9.66. The van der Waals surface area contributed by atoms with Gasteiger partial charge in [0.25, 0.3) is 5.91 Å². The molecule has 0 unspecified atom stereocenters. The minimum absolute atomic E-state index is 0.0910. The van der Waals surface area contributed by atoms with E-state index < -0.39 is 0 Å². The van der Waals surface area contributed by atoms with Gasteiger partial charge in [-0.15, -0.1) is 0 Å². The predicted molar refractivity (Wildman–Crippen MR) is 105 cm³/mol. The summed E-state index contributed by atoms with van der Waals surface area (Å²) in [6.07, 6.45) is 6.19. The number of nitrogens with one attached hydrogen (secondary N) is 1. The summed E-state index contributed by atoms with van der Waals surface area (Å²) in [6.45, 7) is 2.16. The highest BCUT2D eigenvalue weighted by Gasteiger charge is 2.24. The third-order valence-corrected chi connectivity index (χ3v) is 4.78. The van der Waals surface area contributed by atoms with Crippen molar-refractivity contribution in [2.45, 2.75) is 44.9 Å². The van der Waals surface area contributed by atoms with Crippen LogP contribution in [0.25, 0.3) is 0 Å². The van der Waals surface area contributed by atoms with Crippen LogP contribution < -0.4 is 20.5 Å². The Balaban J connectivity index is 2.14. The quantitative estimate of drug-likeness (QED) is 0.612. The highest BCUT2D eigenvalue weighted by Crippen LogP contribution is 2.34. The molecule has 1 aromatic carbocycles. The van der Waals surface area contributed by atoms with Gasteiger partial charge in [0.05, 0.1) is 25.5 Å². The summed E-state index contributed by atoms with van der Waals surface area (Å²) in [7, 11) is 3.06. The number of anilines is 1. The SMILES string of the molecule is COc1cc(NC(=O)CCCCCCN)c(C(=O)N2CCCC2)cc1OC. The van der Waals surface area contributed by atoms with Gasteiger partial charge in [0.1, 0.15) is 0 Å². The molecule has 1 aliphatic rings. The molecule has 0 radical (unpaired) electrons. The normalized spacial score (nSPS) is 13.5. The number of likely N-dealkylation sites (tertiary alicyclic amines) is 1. The Morgan fingerprint density at radius 1 is 1.04 bits per heavy atom. The average Bonchev–Trinajstić information content (AvgIpc) is 3.21. The predicted octanol–water partition coefficient (Wildman–Crippen LogP) is 2.79. The van der Waals surface area contributed by atoms with E-state index in [1.807, 2.05) is 4.90 Å². The van der Waals surface area contributed by atoms with Crippen LogP contribution in [0.3, 0.4) is 0 Å². The third kappa shape index (κ3) is 5.85. The maximum absolute atomic E-state index is 12.9. The minimum atomic E-state index is -0.106. The van der Waals surface area contributed by atoms with E-state index in [1.165, 1.54) is 14.2 Å². The smallest absolute Gasteiger partial charge is 0.256 e. The van der Waals surface area contributed by atoms with Crippen molar-refractivity contribution < 1.29 is 19.1 Å². The molecule has 1 aromatic rings. The van der Waals surface area contributed by atoms with Gasteiger partial charge in [0.2, 0.25) is 5.91 Å². The number of benzene rings is 1. The van der Waals surface area contributed by atoms with Crippen LogP contribution in [0.15, 0.2) is 12.1 Å². The maximum atomic E-state index is 12.9. The van der Waals surface area contributed by atoms with Crippen LogP contribution in [0.2, 0.25) is 0 Å². The Morgan fingerprint density at radius 2 is 1.67 bits per heavy atom. The Hall–Kier alpha value is -2.28. The molecule has 0 bridgehead atoms. The standard InChI is InChI=1S/C20H31N3O4/c1-26-17-13-15(20(25)23-11-7-8-12-23)16(14-18(17)27-2)22-19(24)9-5-3-4-6-10-21/h13-14H,3-12,21H2,1-2H3,(H,22,24). The summed E-state index contributed by atoms with van der Waals surface area (Å²) in [5, 5.41) is 2.89. The molecule has 1 aliphatic heterocycles. The molecule has 1 fully saturated rings. The van der Waals surface area contributed by atoms with Crippen molar-refractivity contribution >= 4 is 17.5 Å². The van der Waals surface area contributed by atoms with Crippen LogP contribution in [0.4, 0.5) is 5.69 Å². The third-order valence-electron chi connectivity index (χ3n) is 4.78. The lowest BCUT2D eigenvalue weighted by atomic mass is 10.1. The fourth-order valence-corrected chi connectivity index (χ4v) is 3.25. The van der Waals surface area contributed by atoms with E-state index in [0.29, 0.717) is 35.7 Å². The van der Waals surface area contributed by atoms with Crippen molar-refractivity contribution in [1.29, 1.82) is 0 Å². The lowest BCUT2D eigenvalue weighted by Gasteiger charge is -2.20. The summed E-state index contributed by atoms with van der Waals surface area (Å²) < 4.78 is 10.7. The molecule has 0 atom stereocenters. The summed E-state index contributed by atoms with van der Waals surface area (Å²) in [5.74, 6) is 0.755. The molecule has 0 aliphatic carbocycles. The van der Waals surface area contributed by atoms with Crippen molar-refractivity contribution in [3.63, 3.8) is 0 Å². The number of unbranched alkanes of at least 4 members (excludes halogenated alkanes) is 3. The Morgan fingerprint density at radius 3 is 2.30 bits per heavy atom. The fraction of sp³-hybridized carbons (Fsp3) is 0.600. The molecule has 7 nitrogen and oxygen atoms in total. The number of amides is 2. The fourth-order valence-electron chi connectivity index (χ4n) is 3.25. The van der Waals surface area contributed by atoms with Gasteiger partial charge in [-0.2, -0.15) is 0 Å². The Kier molecular flexibility index (Phi) is 8.39. The number of nitrogens with zero attached hydrogens (tertiary/aromatic N) is 1. The van der Waals surface area contributed by atoms with Gasteiger partial charge >= 0.3 is 0 Å². The molecule has 0 saturated carbocycles. The van der Waals surface area contributed by atoms with E-state index in [4.69, 9.17) is 15.2 Å². The Bertz CT molecular complexity index is 642. The largest absolute Gasteiger partial charge is 0.493 e. The highest BCUT2D eigenvalue weighted by atomic mass is 16.5. The number of carbonyl (C=O) groups is 2. The number of hydrogen-bond acceptors (Lipinski definition) is 5. The summed E-state index contributed by atoms with van der Waals surface area (Å²) in [4.78, 5) is 27.1. The number of carbonyl (C=O) groups excluding carboxylic acids is 2. The molecule has 1 saturated heterocycles. The zero-order valence-electron chi connectivity index (χ0n) is 16.4. The molecule has 1 heterocycles. The van der Waals surface area contributed by atoms with E-state index >= 15 is 0 Å². The topological polar surface area (TPSA) is 93.9 Å². The molecule has 2 rings (SSSR count). The van der Waals surface area contributed by atoms with E-state index in [0.717, 1.165) is 51.6 Å². The Labute approximate surface area is 161 Å². The number of hydrogen-bond donors (Lipinski definition) is 2. The second kappa shape index (κ2) is 10.8. The number of nitrogens with two attached hydrogens (primary N) is 1. The van der Waals surface area contributed by atoms with Crippen LogP contribution in [0.1, 0.15) is 55.3 Å². The van der Waals surface area contributed by atoms with Crippen molar-refractivity contribution in [3.8, 4) is 11.5 Å². The summed E-state index contributed by atoms with van der Waals surface area (Å²) >= 11 is 0. The lowest BCUT2D eigenvalue weighted by molar-refractivity contribution is -0.116. The van der Waals surface area contributed by atoms with Crippen LogP contribution >= 0.6 is 0 Å². The number of rotatable bonds is 10. The molecule has 0 spiro atoms. The van der Waals surface area contributed by atoms with E-state index in [2.05, 4.69) is 5.32 Å². The van der Waals surface area contributed by atoms with Crippen molar-refractivity contribution in [3.05, 3.63) is 17.7 Å². The van der Waals surface area contributed by atoms with Crippen molar-refractivity contribution in [1.82, 2.24) is 4.90 Å². The van der Waals surface area contributed by atoms with Gasteiger partial charge in [0.15, 0.2) is 11.5 Å². The maximum Gasteiger partial charge on any atom is 0.256 e. The zero-order valence-corrected chi connectivity index (χ0v) is 16.4.